The standard InChI is InChI=1S/C12H16N2O/c1-2-3-9-12(15)14-13-10-11-7-5-4-6-8-11/h4-8,10H,2-3,9H2,1H3,(H,14,15)/b13-10+. The summed E-state index contributed by atoms with van der Waals surface area (Å²) in [6.45, 7) is 2.06. The smallest absolute Gasteiger partial charge is 0.240 e. The van der Waals surface area contributed by atoms with Gasteiger partial charge in [0.15, 0.2) is 0 Å². The third-order valence-corrected chi connectivity index (χ3v) is 1.96. The average Bonchev–Trinajstić information content (AvgIpc) is 2.28. The first kappa shape index (κ1) is 11.4. The van der Waals surface area contributed by atoms with Gasteiger partial charge in [-0.05, 0) is 12.0 Å². The summed E-state index contributed by atoms with van der Waals surface area (Å²) in [6.07, 6.45) is 4.12. The molecule has 1 rings (SSSR count). The highest BCUT2D eigenvalue weighted by molar-refractivity contribution is 5.82. The van der Waals surface area contributed by atoms with Crippen molar-refractivity contribution in [2.75, 3.05) is 0 Å². The monoisotopic (exact) mass is 204 g/mol. The van der Waals surface area contributed by atoms with Gasteiger partial charge in [-0.25, -0.2) is 5.43 Å². The third kappa shape index (κ3) is 4.96. The second-order valence-corrected chi connectivity index (χ2v) is 3.31. The van der Waals surface area contributed by atoms with Crippen LogP contribution in [0.4, 0.5) is 0 Å². The van der Waals surface area contributed by atoms with Crippen LogP contribution in [0.1, 0.15) is 31.7 Å². The van der Waals surface area contributed by atoms with E-state index in [0.29, 0.717) is 6.42 Å². The van der Waals surface area contributed by atoms with E-state index in [1.807, 2.05) is 30.3 Å². The highest BCUT2D eigenvalue weighted by atomic mass is 16.2. The first-order valence-corrected chi connectivity index (χ1v) is 5.20. The summed E-state index contributed by atoms with van der Waals surface area (Å²) in [6, 6.07) is 9.67. The van der Waals surface area contributed by atoms with Gasteiger partial charge in [0.2, 0.25) is 5.91 Å². The van der Waals surface area contributed by atoms with Gasteiger partial charge in [-0.3, -0.25) is 4.79 Å². The lowest BCUT2D eigenvalue weighted by molar-refractivity contribution is -0.121. The van der Waals surface area contributed by atoms with Gasteiger partial charge >= 0.3 is 0 Å². The maximum Gasteiger partial charge on any atom is 0.240 e. The van der Waals surface area contributed by atoms with Gasteiger partial charge in [0.1, 0.15) is 0 Å². The molecule has 0 saturated heterocycles. The van der Waals surface area contributed by atoms with Crippen LogP contribution in [-0.2, 0) is 4.79 Å². The predicted octanol–water partition coefficient (Wildman–Crippen LogP) is 2.33. The van der Waals surface area contributed by atoms with Gasteiger partial charge < -0.3 is 0 Å². The summed E-state index contributed by atoms with van der Waals surface area (Å²) in [5, 5.41) is 3.87. The molecule has 1 amide bonds. The molecule has 0 aliphatic carbocycles. The van der Waals surface area contributed by atoms with E-state index >= 15 is 0 Å². The van der Waals surface area contributed by atoms with Gasteiger partial charge in [-0.1, -0.05) is 43.7 Å². The Labute approximate surface area is 90.2 Å². The van der Waals surface area contributed by atoms with E-state index in [-0.39, 0.29) is 5.91 Å². The van der Waals surface area contributed by atoms with Crippen molar-refractivity contribution in [1.29, 1.82) is 0 Å². The van der Waals surface area contributed by atoms with E-state index < -0.39 is 0 Å². The van der Waals surface area contributed by atoms with Gasteiger partial charge in [0.25, 0.3) is 0 Å². The molecular weight excluding hydrogens is 188 g/mol. The van der Waals surface area contributed by atoms with Crippen LogP contribution in [-0.4, -0.2) is 12.1 Å². The van der Waals surface area contributed by atoms with Crippen LogP contribution in [0.2, 0.25) is 0 Å². The lowest BCUT2D eigenvalue weighted by atomic mass is 10.2. The van der Waals surface area contributed by atoms with E-state index in [9.17, 15) is 4.79 Å². The molecule has 0 saturated carbocycles. The minimum absolute atomic E-state index is 0.0240. The van der Waals surface area contributed by atoms with Crippen LogP contribution >= 0.6 is 0 Å². The fourth-order valence-corrected chi connectivity index (χ4v) is 1.11. The predicted molar refractivity (Wildman–Crippen MR) is 61.7 cm³/mol. The van der Waals surface area contributed by atoms with Gasteiger partial charge in [0, 0.05) is 6.42 Å². The number of carbonyl (C=O) groups excluding carboxylic acids is 1. The van der Waals surface area contributed by atoms with Crippen molar-refractivity contribution >= 4 is 12.1 Å². The molecule has 0 fully saturated rings. The van der Waals surface area contributed by atoms with Crippen molar-refractivity contribution in [3.05, 3.63) is 35.9 Å². The zero-order valence-electron chi connectivity index (χ0n) is 8.94. The van der Waals surface area contributed by atoms with Crippen LogP contribution < -0.4 is 5.43 Å². The molecule has 0 atom stereocenters. The van der Waals surface area contributed by atoms with Crippen molar-refractivity contribution in [2.24, 2.45) is 5.10 Å². The maximum absolute atomic E-state index is 11.2. The molecule has 0 aliphatic heterocycles. The molecule has 80 valence electrons. The summed E-state index contributed by atoms with van der Waals surface area (Å²) in [7, 11) is 0. The Bertz CT molecular complexity index is 320. The number of nitrogens with one attached hydrogen (secondary N) is 1. The van der Waals surface area contributed by atoms with Crippen molar-refractivity contribution in [3.63, 3.8) is 0 Å². The number of hydrazone groups is 1. The molecule has 1 N–H and O–H groups in total. The normalized spacial score (nSPS) is 10.5. The largest absolute Gasteiger partial charge is 0.273 e. The topological polar surface area (TPSA) is 41.5 Å². The molecule has 0 spiro atoms. The highest BCUT2D eigenvalue weighted by Gasteiger charge is 1.96. The van der Waals surface area contributed by atoms with Crippen molar-refractivity contribution in [2.45, 2.75) is 26.2 Å². The molecule has 0 radical (unpaired) electrons. The Kier molecular flexibility index (Phi) is 5.15. The van der Waals surface area contributed by atoms with Crippen molar-refractivity contribution in [1.82, 2.24) is 5.43 Å². The molecule has 0 unspecified atom stereocenters. The van der Waals surface area contributed by atoms with E-state index in [4.69, 9.17) is 0 Å². The molecule has 0 aromatic heterocycles. The Hall–Kier alpha value is -1.64. The molecular formula is C12H16N2O. The molecule has 0 aliphatic rings. The Morgan fingerprint density at radius 2 is 2.13 bits per heavy atom. The number of unbranched alkanes of at least 4 members (excludes halogenated alkanes) is 1. The molecule has 1 aromatic rings. The Balaban J connectivity index is 2.31. The molecule has 15 heavy (non-hydrogen) atoms. The fraction of sp³-hybridized carbons (Fsp3) is 0.333. The maximum atomic E-state index is 11.2. The minimum Gasteiger partial charge on any atom is -0.273 e. The number of hydrogen-bond donors (Lipinski definition) is 1. The van der Waals surface area contributed by atoms with Gasteiger partial charge in [-0.15, -0.1) is 0 Å². The molecule has 3 nitrogen and oxygen atoms in total. The van der Waals surface area contributed by atoms with Crippen molar-refractivity contribution in [3.8, 4) is 0 Å². The SMILES string of the molecule is CCCCC(=O)N/N=C/c1ccccc1. The number of rotatable bonds is 5. The number of carbonyl (C=O) groups is 1. The van der Waals surface area contributed by atoms with E-state index in [1.54, 1.807) is 6.21 Å². The quantitative estimate of drug-likeness (QED) is 0.580. The van der Waals surface area contributed by atoms with Crippen LogP contribution in [0, 0.1) is 0 Å². The molecule has 0 bridgehead atoms. The van der Waals surface area contributed by atoms with E-state index in [0.717, 1.165) is 18.4 Å². The Morgan fingerprint density at radius 3 is 2.80 bits per heavy atom. The average molecular weight is 204 g/mol. The molecule has 3 heteroatoms. The van der Waals surface area contributed by atoms with Crippen molar-refractivity contribution < 1.29 is 4.79 Å². The van der Waals surface area contributed by atoms with Crippen LogP contribution in [0.3, 0.4) is 0 Å². The Morgan fingerprint density at radius 1 is 1.40 bits per heavy atom. The lowest BCUT2D eigenvalue weighted by Crippen LogP contribution is -2.16. The second kappa shape index (κ2) is 6.76. The zero-order valence-corrected chi connectivity index (χ0v) is 8.94. The first-order valence-electron chi connectivity index (χ1n) is 5.20. The van der Waals surface area contributed by atoms with Gasteiger partial charge in [-0.2, -0.15) is 5.10 Å². The third-order valence-electron chi connectivity index (χ3n) is 1.96. The number of nitrogens with zero attached hydrogens (tertiary/aromatic N) is 1. The second-order valence-electron chi connectivity index (χ2n) is 3.31. The molecule has 0 heterocycles. The summed E-state index contributed by atoms with van der Waals surface area (Å²) in [5.41, 5.74) is 3.48. The van der Waals surface area contributed by atoms with Gasteiger partial charge in [0.05, 0.1) is 6.21 Å². The van der Waals surface area contributed by atoms with E-state index in [1.165, 1.54) is 0 Å². The van der Waals surface area contributed by atoms with Crippen LogP contribution in [0.5, 0.6) is 0 Å². The number of amides is 1. The summed E-state index contributed by atoms with van der Waals surface area (Å²) in [5.74, 6) is -0.0240. The lowest BCUT2D eigenvalue weighted by Gasteiger charge is -1.97. The summed E-state index contributed by atoms with van der Waals surface area (Å²) in [4.78, 5) is 11.2. The highest BCUT2D eigenvalue weighted by Crippen LogP contribution is 1.94. The fourth-order valence-electron chi connectivity index (χ4n) is 1.11. The summed E-state index contributed by atoms with van der Waals surface area (Å²) < 4.78 is 0. The van der Waals surface area contributed by atoms with E-state index in [2.05, 4.69) is 17.5 Å². The number of benzene rings is 1. The minimum atomic E-state index is -0.0240. The summed E-state index contributed by atoms with van der Waals surface area (Å²) >= 11 is 0. The number of hydrogen-bond acceptors (Lipinski definition) is 2. The van der Waals surface area contributed by atoms with Crippen LogP contribution in [0.25, 0.3) is 0 Å². The van der Waals surface area contributed by atoms with Crippen LogP contribution in [0.15, 0.2) is 35.4 Å². The molecule has 1 aromatic carbocycles. The zero-order chi connectivity index (χ0) is 10.9. The first-order chi connectivity index (χ1) is 7.33.